The fourth-order valence-electron chi connectivity index (χ4n) is 7.99. The summed E-state index contributed by atoms with van der Waals surface area (Å²) < 4.78 is 6.30. The maximum absolute atomic E-state index is 6.30. The molecule has 0 saturated carbocycles. The third-order valence-corrected chi connectivity index (χ3v) is 10.5. The fourth-order valence-corrected chi connectivity index (χ4v) is 7.99. The Morgan fingerprint density at radius 1 is 0.315 bits per heavy atom. The topological polar surface area (TPSA) is 16.4 Å². The summed E-state index contributed by atoms with van der Waals surface area (Å²) in [6.45, 7) is 0. The Morgan fingerprint density at radius 2 is 0.870 bits per heavy atom. The highest BCUT2D eigenvalue weighted by Gasteiger charge is 2.23. The van der Waals surface area contributed by atoms with Gasteiger partial charge >= 0.3 is 0 Å². The van der Waals surface area contributed by atoms with E-state index in [0.29, 0.717) is 0 Å². The molecule has 0 amide bonds. The third kappa shape index (κ3) is 5.53. The van der Waals surface area contributed by atoms with Gasteiger partial charge in [0.25, 0.3) is 0 Å². The van der Waals surface area contributed by atoms with Crippen molar-refractivity contribution in [3.05, 3.63) is 212 Å². The summed E-state index contributed by atoms with van der Waals surface area (Å²) in [5.41, 5.74) is 14.4. The Hall–Kier alpha value is -7.16. The van der Waals surface area contributed by atoms with Crippen LogP contribution in [-0.4, -0.2) is 0 Å². The Morgan fingerprint density at radius 3 is 1.69 bits per heavy atom. The first kappa shape index (κ1) is 31.6. The van der Waals surface area contributed by atoms with E-state index in [9.17, 15) is 0 Å². The van der Waals surface area contributed by atoms with Gasteiger partial charge in [0, 0.05) is 27.7 Å². The highest BCUT2D eigenvalue weighted by molar-refractivity contribution is 6.08. The summed E-state index contributed by atoms with van der Waals surface area (Å²) in [5, 5.41) is 4.60. The maximum Gasteiger partial charge on any atom is 0.135 e. The molecule has 9 aromatic carbocycles. The first-order chi connectivity index (χ1) is 26.8. The molecule has 0 aliphatic carbocycles. The molecule has 1 aromatic heterocycles. The SMILES string of the molecule is c1ccc(-c2ccccc2-c2c(-c3ccccc3)cccc2-c2ccccc2N(c2ccc3ccccc3c2)c2ccc3oc4ccccc4c3c2)cc1. The van der Waals surface area contributed by atoms with Gasteiger partial charge in [0.1, 0.15) is 11.2 Å². The van der Waals surface area contributed by atoms with Crippen molar-refractivity contribution < 1.29 is 4.42 Å². The molecule has 0 saturated heterocycles. The Kier molecular flexibility index (Phi) is 7.85. The van der Waals surface area contributed by atoms with Crippen molar-refractivity contribution in [3.8, 4) is 44.5 Å². The van der Waals surface area contributed by atoms with Gasteiger partial charge in [-0.05, 0) is 92.2 Å². The van der Waals surface area contributed by atoms with Crippen LogP contribution in [-0.2, 0) is 0 Å². The van der Waals surface area contributed by atoms with Crippen LogP contribution in [0, 0.1) is 0 Å². The van der Waals surface area contributed by atoms with E-state index in [4.69, 9.17) is 4.42 Å². The molecule has 2 nitrogen and oxygen atoms in total. The summed E-state index contributed by atoms with van der Waals surface area (Å²) in [6.07, 6.45) is 0. The van der Waals surface area contributed by atoms with E-state index < -0.39 is 0 Å². The molecule has 0 spiro atoms. The first-order valence-electron chi connectivity index (χ1n) is 18.4. The largest absolute Gasteiger partial charge is 0.456 e. The summed E-state index contributed by atoms with van der Waals surface area (Å²) in [5.74, 6) is 0. The lowest BCUT2D eigenvalue weighted by molar-refractivity contribution is 0.669. The van der Waals surface area contributed by atoms with E-state index in [1.165, 1.54) is 44.2 Å². The van der Waals surface area contributed by atoms with Crippen LogP contribution in [0.25, 0.3) is 77.2 Å². The number of para-hydroxylation sites is 2. The highest BCUT2D eigenvalue weighted by atomic mass is 16.3. The molecule has 0 bridgehead atoms. The first-order valence-corrected chi connectivity index (χ1v) is 18.4. The van der Waals surface area contributed by atoms with Gasteiger partial charge in [0.05, 0.1) is 5.69 Å². The maximum atomic E-state index is 6.30. The molecule has 0 N–H and O–H groups in total. The van der Waals surface area contributed by atoms with Crippen molar-refractivity contribution in [1.29, 1.82) is 0 Å². The number of furan rings is 1. The molecule has 0 radical (unpaired) electrons. The van der Waals surface area contributed by atoms with Crippen LogP contribution in [0.1, 0.15) is 0 Å². The normalized spacial score (nSPS) is 11.3. The zero-order valence-corrected chi connectivity index (χ0v) is 29.6. The quantitative estimate of drug-likeness (QED) is 0.166. The fraction of sp³-hybridized carbons (Fsp3) is 0. The predicted molar refractivity (Wildman–Crippen MR) is 228 cm³/mol. The van der Waals surface area contributed by atoms with Gasteiger partial charge in [-0.25, -0.2) is 0 Å². The van der Waals surface area contributed by atoms with Crippen molar-refractivity contribution in [2.75, 3.05) is 4.90 Å². The second-order valence-corrected chi connectivity index (χ2v) is 13.7. The molecule has 1 heterocycles. The zero-order chi connectivity index (χ0) is 35.8. The van der Waals surface area contributed by atoms with E-state index in [-0.39, 0.29) is 0 Å². The monoisotopic (exact) mass is 689 g/mol. The average Bonchev–Trinajstić information content (AvgIpc) is 3.62. The number of fused-ring (bicyclic) bond motifs is 4. The molecule has 0 aliphatic heterocycles. The van der Waals surface area contributed by atoms with Crippen LogP contribution in [0.5, 0.6) is 0 Å². The van der Waals surface area contributed by atoms with Gasteiger partial charge in [-0.3, -0.25) is 0 Å². The molecule has 0 fully saturated rings. The summed E-state index contributed by atoms with van der Waals surface area (Å²) in [6, 6.07) is 76.1. The second-order valence-electron chi connectivity index (χ2n) is 13.7. The summed E-state index contributed by atoms with van der Waals surface area (Å²) >= 11 is 0. The third-order valence-electron chi connectivity index (χ3n) is 10.5. The Balaban J connectivity index is 1.26. The minimum atomic E-state index is 0.877. The number of hydrogen-bond acceptors (Lipinski definition) is 2. The van der Waals surface area contributed by atoms with Crippen LogP contribution in [0.15, 0.2) is 217 Å². The van der Waals surface area contributed by atoms with Crippen molar-refractivity contribution >= 4 is 49.8 Å². The van der Waals surface area contributed by atoms with Gasteiger partial charge < -0.3 is 9.32 Å². The molecule has 0 atom stereocenters. The number of benzene rings is 9. The summed E-state index contributed by atoms with van der Waals surface area (Å²) in [4.78, 5) is 2.41. The van der Waals surface area contributed by atoms with Gasteiger partial charge in [0.15, 0.2) is 0 Å². The number of rotatable bonds is 7. The van der Waals surface area contributed by atoms with E-state index in [0.717, 1.165) is 50.1 Å². The second kappa shape index (κ2) is 13.4. The van der Waals surface area contributed by atoms with Gasteiger partial charge in [-0.2, -0.15) is 0 Å². The van der Waals surface area contributed by atoms with Crippen LogP contribution in [0.3, 0.4) is 0 Å². The minimum Gasteiger partial charge on any atom is -0.456 e. The standard InChI is InChI=1S/C52H35NO/c1-3-17-37(18-4-1)42-22-9-10-25-46(42)52-43(38-19-5-2-6-20-38)26-15-27-47(52)44-23-11-13-28-49(44)53(40-31-30-36-16-7-8-21-39(36)34-40)41-32-33-51-48(35-41)45-24-12-14-29-50(45)54-51/h1-35H. The predicted octanol–water partition coefficient (Wildman–Crippen LogP) is 14.9. The van der Waals surface area contributed by atoms with Gasteiger partial charge in [-0.1, -0.05) is 170 Å². The van der Waals surface area contributed by atoms with Crippen molar-refractivity contribution in [2.24, 2.45) is 0 Å². The van der Waals surface area contributed by atoms with Crippen molar-refractivity contribution in [1.82, 2.24) is 0 Å². The average molecular weight is 690 g/mol. The zero-order valence-electron chi connectivity index (χ0n) is 29.6. The Bertz CT molecular complexity index is 2940. The van der Waals surface area contributed by atoms with E-state index >= 15 is 0 Å². The molecule has 10 aromatic rings. The van der Waals surface area contributed by atoms with Crippen molar-refractivity contribution in [2.45, 2.75) is 0 Å². The van der Waals surface area contributed by atoms with Gasteiger partial charge in [0.2, 0.25) is 0 Å². The van der Waals surface area contributed by atoms with E-state index in [1.807, 2.05) is 12.1 Å². The minimum absolute atomic E-state index is 0.877. The molecule has 2 heteroatoms. The van der Waals surface area contributed by atoms with Crippen molar-refractivity contribution in [3.63, 3.8) is 0 Å². The molecule has 0 unspecified atom stereocenters. The van der Waals surface area contributed by atoms with Gasteiger partial charge in [-0.15, -0.1) is 0 Å². The number of nitrogens with zero attached hydrogens (tertiary/aromatic N) is 1. The van der Waals surface area contributed by atoms with Crippen LogP contribution < -0.4 is 4.90 Å². The molecule has 254 valence electrons. The lowest BCUT2D eigenvalue weighted by Crippen LogP contribution is -2.11. The highest BCUT2D eigenvalue weighted by Crippen LogP contribution is 2.49. The molecular formula is C52H35NO. The molecular weight excluding hydrogens is 655 g/mol. The van der Waals surface area contributed by atoms with E-state index in [1.54, 1.807) is 0 Å². The summed E-state index contributed by atoms with van der Waals surface area (Å²) in [7, 11) is 0. The van der Waals surface area contributed by atoms with Crippen LogP contribution >= 0.6 is 0 Å². The Labute approximate surface area is 314 Å². The smallest absolute Gasteiger partial charge is 0.135 e. The number of anilines is 3. The molecule has 10 rings (SSSR count). The molecule has 0 aliphatic rings. The van der Waals surface area contributed by atoms with Crippen LogP contribution in [0.4, 0.5) is 17.1 Å². The number of hydrogen-bond donors (Lipinski definition) is 0. The lowest BCUT2D eigenvalue weighted by Gasteiger charge is -2.29. The van der Waals surface area contributed by atoms with E-state index in [2.05, 4.69) is 205 Å². The lowest BCUT2D eigenvalue weighted by atomic mass is 9.84. The molecule has 54 heavy (non-hydrogen) atoms. The van der Waals surface area contributed by atoms with Crippen LogP contribution in [0.2, 0.25) is 0 Å².